The van der Waals surface area contributed by atoms with Crippen molar-refractivity contribution in [2.24, 2.45) is 0 Å². The highest BCUT2D eigenvalue weighted by atomic mass is 32.1. The molecule has 0 saturated carbocycles. The number of halogens is 1. The van der Waals surface area contributed by atoms with Crippen LogP contribution in [0.2, 0.25) is 0 Å². The molecule has 0 bridgehead atoms. The van der Waals surface area contributed by atoms with Crippen molar-refractivity contribution in [2.45, 2.75) is 19.3 Å². The summed E-state index contributed by atoms with van der Waals surface area (Å²) in [5, 5.41) is 13.7. The fraction of sp³-hybridized carbons (Fsp3) is 0.267. The number of carbonyl (C=O) groups excluding carboxylic acids is 1. The molecular formula is C15H15FN2O3S. The van der Waals surface area contributed by atoms with Crippen molar-refractivity contribution in [1.29, 1.82) is 0 Å². The van der Waals surface area contributed by atoms with Crippen LogP contribution in [0.15, 0.2) is 29.6 Å². The summed E-state index contributed by atoms with van der Waals surface area (Å²) in [7, 11) is 0. The van der Waals surface area contributed by atoms with Crippen molar-refractivity contribution in [1.82, 2.24) is 10.3 Å². The minimum absolute atomic E-state index is 0.0302. The van der Waals surface area contributed by atoms with Crippen LogP contribution in [-0.2, 0) is 17.6 Å². The maximum atomic E-state index is 12.7. The lowest BCUT2D eigenvalue weighted by Crippen LogP contribution is -2.25. The SMILES string of the molecule is O=C(CCc1ccc(F)cc1)NCCc1nc(C(=O)O)cs1. The maximum absolute atomic E-state index is 12.7. The van der Waals surface area contributed by atoms with Crippen molar-refractivity contribution in [3.8, 4) is 0 Å². The first kappa shape index (κ1) is 16.1. The number of aryl methyl sites for hydroxylation is 1. The largest absolute Gasteiger partial charge is 0.476 e. The third-order valence-electron chi connectivity index (χ3n) is 2.99. The first-order valence-corrected chi connectivity index (χ1v) is 7.61. The van der Waals surface area contributed by atoms with E-state index in [0.717, 1.165) is 5.56 Å². The van der Waals surface area contributed by atoms with Gasteiger partial charge in [0.1, 0.15) is 5.82 Å². The lowest BCUT2D eigenvalue weighted by molar-refractivity contribution is -0.121. The minimum Gasteiger partial charge on any atom is -0.476 e. The Morgan fingerprint density at radius 1 is 1.23 bits per heavy atom. The number of aromatic nitrogens is 1. The van der Waals surface area contributed by atoms with Crippen LogP contribution in [0.25, 0.3) is 0 Å². The number of thiazole rings is 1. The standard InChI is InChI=1S/C15H15FN2O3S/c16-11-4-1-10(2-5-11)3-6-13(19)17-8-7-14-18-12(9-22-14)15(20)21/h1-2,4-5,9H,3,6-8H2,(H,17,19)(H,20,21). The number of amides is 1. The number of benzene rings is 1. The lowest BCUT2D eigenvalue weighted by atomic mass is 10.1. The van der Waals surface area contributed by atoms with Gasteiger partial charge in [0.25, 0.3) is 0 Å². The topological polar surface area (TPSA) is 79.3 Å². The third-order valence-corrected chi connectivity index (χ3v) is 3.89. The van der Waals surface area contributed by atoms with Crippen LogP contribution >= 0.6 is 11.3 Å². The van der Waals surface area contributed by atoms with E-state index in [0.29, 0.717) is 30.8 Å². The Kier molecular flexibility index (Phi) is 5.60. The minimum atomic E-state index is -1.05. The number of carboxylic acids is 1. The van der Waals surface area contributed by atoms with Crippen LogP contribution in [0.4, 0.5) is 4.39 Å². The molecule has 0 aliphatic heterocycles. The summed E-state index contributed by atoms with van der Waals surface area (Å²) in [5.41, 5.74) is 0.935. The van der Waals surface area contributed by atoms with Crippen LogP contribution < -0.4 is 5.32 Å². The van der Waals surface area contributed by atoms with Crippen LogP contribution in [-0.4, -0.2) is 28.5 Å². The molecule has 7 heteroatoms. The van der Waals surface area contributed by atoms with Gasteiger partial charge in [0.15, 0.2) is 5.69 Å². The second-order valence-corrected chi connectivity index (χ2v) is 5.60. The number of nitrogens with zero attached hydrogens (tertiary/aromatic N) is 1. The molecule has 0 atom stereocenters. The molecule has 22 heavy (non-hydrogen) atoms. The molecule has 0 unspecified atom stereocenters. The Labute approximate surface area is 130 Å². The van der Waals surface area contributed by atoms with E-state index < -0.39 is 5.97 Å². The zero-order valence-electron chi connectivity index (χ0n) is 11.7. The molecule has 0 saturated heterocycles. The summed E-state index contributed by atoms with van der Waals surface area (Å²) >= 11 is 1.26. The van der Waals surface area contributed by atoms with E-state index >= 15 is 0 Å². The number of carboxylic acid groups (broad SMARTS) is 1. The highest BCUT2D eigenvalue weighted by Crippen LogP contribution is 2.10. The van der Waals surface area contributed by atoms with Gasteiger partial charge in [-0.05, 0) is 24.1 Å². The van der Waals surface area contributed by atoms with Crippen molar-refractivity contribution < 1.29 is 19.1 Å². The smallest absolute Gasteiger partial charge is 0.355 e. The van der Waals surface area contributed by atoms with Crippen LogP contribution in [0.5, 0.6) is 0 Å². The zero-order chi connectivity index (χ0) is 15.9. The van der Waals surface area contributed by atoms with E-state index in [-0.39, 0.29) is 17.4 Å². The Balaban J connectivity index is 1.69. The molecule has 1 aromatic heterocycles. The van der Waals surface area contributed by atoms with Gasteiger partial charge in [-0.3, -0.25) is 4.79 Å². The van der Waals surface area contributed by atoms with E-state index in [2.05, 4.69) is 10.3 Å². The highest BCUT2D eigenvalue weighted by Gasteiger charge is 2.09. The van der Waals surface area contributed by atoms with E-state index in [1.165, 1.54) is 28.8 Å². The maximum Gasteiger partial charge on any atom is 0.355 e. The number of hydrogen-bond acceptors (Lipinski definition) is 4. The average molecular weight is 322 g/mol. The number of aromatic carboxylic acids is 1. The fourth-order valence-corrected chi connectivity index (χ4v) is 2.60. The molecule has 5 nitrogen and oxygen atoms in total. The van der Waals surface area contributed by atoms with Crippen LogP contribution in [0.3, 0.4) is 0 Å². The van der Waals surface area contributed by atoms with Gasteiger partial charge in [0, 0.05) is 24.8 Å². The van der Waals surface area contributed by atoms with Crippen LogP contribution in [0.1, 0.15) is 27.5 Å². The summed E-state index contributed by atoms with van der Waals surface area (Å²) in [6.45, 7) is 0.412. The van der Waals surface area contributed by atoms with E-state index in [9.17, 15) is 14.0 Å². The third kappa shape index (κ3) is 4.92. The molecule has 0 aliphatic rings. The molecular weight excluding hydrogens is 307 g/mol. The second kappa shape index (κ2) is 7.65. The number of rotatable bonds is 7. The van der Waals surface area contributed by atoms with Crippen molar-refractivity contribution in [3.05, 3.63) is 51.7 Å². The molecule has 0 aliphatic carbocycles. The number of carbonyl (C=O) groups is 2. The predicted octanol–water partition coefficient (Wildman–Crippen LogP) is 2.27. The Hall–Kier alpha value is -2.28. The zero-order valence-corrected chi connectivity index (χ0v) is 12.5. The summed E-state index contributed by atoms with van der Waals surface area (Å²) < 4.78 is 12.7. The van der Waals surface area contributed by atoms with E-state index in [4.69, 9.17) is 5.11 Å². The van der Waals surface area contributed by atoms with Gasteiger partial charge >= 0.3 is 5.97 Å². The molecule has 0 radical (unpaired) electrons. The van der Waals surface area contributed by atoms with Gasteiger partial charge < -0.3 is 10.4 Å². The molecule has 0 fully saturated rings. The molecule has 2 rings (SSSR count). The molecule has 1 amide bonds. The Bertz CT molecular complexity index is 655. The molecule has 2 N–H and O–H groups in total. The first-order valence-electron chi connectivity index (χ1n) is 6.73. The Morgan fingerprint density at radius 3 is 2.59 bits per heavy atom. The molecule has 0 spiro atoms. The summed E-state index contributed by atoms with van der Waals surface area (Å²) in [6.07, 6.45) is 1.37. The lowest BCUT2D eigenvalue weighted by Gasteiger charge is -2.04. The average Bonchev–Trinajstić information content (AvgIpc) is 2.96. The number of nitrogens with one attached hydrogen (secondary N) is 1. The van der Waals surface area contributed by atoms with E-state index in [1.54, 1.807) is 12.1 Å². The van der Waals surface area contributed by atoms with Crippen molar-refractivity contribution in [2.75, 3.05) is 6.54 Å². The van der Waals surface area contributed by atoms with Gasteiger partial charge in [-0.2, -0.15) is 0 Å². The molecule has 1 heterocycles. The Morgan fingerprint density at radius 2 is 1.95 bits per heavy atom. The highest BCUT2D eigenvalue weighted by molar-refractivity contribution is 7.09. The van der Waals surface area contributed by atoms with Gasteiger partial charge in [0.05, 0.1) is 5.01 Å². The molecule has 1 aromatic carbocycles. The van der Waals surface area contributed by atoms with Gasteiger partial charge in [0.2, 0.25) is 5.91 Å². The summed E-state index contributed by atoms with van der Waals surface area (Å²) in [6, 6.07) is 6.06. The monoisotopic (exact) mass is 322 g/mol. The van der Waals surface area contributed by atoms with Crippen LogP contribution in [0, 0.1) is 5.82 Å². The molecule has 2 aromatic rings. The first-order chi connectivity index (χ1) is 10.5. The summed E-state index contributed by atoms with van der Waals surface area (Å²) in [4.78, 5) is 26.3. The predicted molar refractivity (Wildman–Crippen MR) is 80.5 cm³/mol. The van der Waals surface area contributed by atoms with Gasteiger partial charge in [-0.1, -0.05) is 12.1 Å². The van der Waals surface area contributed by atoms with Crippen molar-refractivity contribution >= 4 is 23.2 Å². The number of hydrogen-bond donors (Lipinski definition) is 2. The molecule has 116 valence electrons. The van der Waals surface area contributed by atoms with Gasteiger partial charge in [-0.15, -0.1) is 11.3 Å². The van der Waals surface area contributed by atoms with Gasteiger partial charge in [-0.25, -0.2) is 14.2 Å². The fourth-order valence-electron chi connectivity index (χ4n) is 1.83. The van der Waals surface area contributed by atoms with Crippen molar-refractivity contribution in [3.63, 3.8) is 0 Å². The summed E-state index contributed by atoms with van der Waals surface area (Å²) in [5.74, 6) is -1.44. The van der Waals surface area contributed by atoms with E-state index in [1.807, 2.05) is 0 Å². The second-order valence-electron chi connectivity index (χ2n) is 4.66. The quantitative estimate of drug-likeness (QED) is 0.819. The normalized spacial score (nSPS) is 10.4.